The molecule has 2 N–H and O–H groups in total. The number of nitrogens with zero attached hydrogens (tertiary/aromatic N) is 1. The second kappa shape index (κ2) is 9.34. The summed E-state index contributed by atoms with van der Waals surface area (Å²) in [6.07, 6.45) is 2.10. The number of ether oxygens (including phenoxy) is 1. The number of benzene rings is 1. The van der Waals surface area contributed by atoms with Crippen LogP contribution in [0.15, 0.2) is 24.3 Å². The minimum absolute atomic E-state index is 0.155. The Morgan fingerprint density at radius 2 is 1.81 bits per heavy atom. The quantitative estimate of drug-likeness (QED) is 0.711. The van der Waals surface area contributed by atoms with Gasteiger partial charge in [-0.2, -0.15) is 0 Å². The van der Waals surface area contributed by atoms with Crippen molar-refractivity contribution in [1.82, 2.24) is 10.2 Å². The molecule has 0 saturated carbocycles. The first-order valence-corrected chi connectivity index (χ1v) is 10.8. The van der Waals surface area contributed by atoms with Crippen molar-refractivity contribution in [2.24, 2.45) is 5.92 Å². The lowest BCUT2D eigenvalue weighted by atomic mass is 10.0. The Kier molecular flexibility index (Phi) is 7.43. The maximum absolute atomic E-state index is 12.4. The molecule has 1 aliphatic heterocycles. The second-order valence-electron chi connectivity index (χ2n) is 7.09. The Hall–Kier alpha value is -1.64. The Balaban J connectivity index is 1.94. The minimum atomic E-state index is -3.32. The number of amides is 1. The minimum Gasteiger partial charge on any atom is -0.379 e. The normalized spacial score (nSPS) is 17.1. The first-order chi connectivity index (χ1) is 12.2. The SMILES string of the molecule is CC(C)C[C@H](CNC(=O)c1ccc(NS(C)(=O)=O)cc1)N1CCOCC1. The van der Waals surface area contributed by atoms with Gasteiger partial charge in [0, 0.05) is 36.9 Å². The zero-order valence-corrected chi connectivity index (χ0v) is 16.5. The van der Waals surface area contributed by atoms with Gasteiger partial charge >= 0.3 is 0 Å². The highest BCUT2D eigenvalue weighted by atomic mass is 32.2. The van der Waals surface area contributed by atoms with Crippen LogP contribution in [0.5, 0.6) is 0 Å². The number of carbonyl (C=O) groups is 1. The van der Waals surface area contributed by atoms with Crippen LogP contribution in [0.2, 0.25) is 0 Å². The topological polar surface area (TPSA) is 87.7 Å². The molecule has 0 unspecified atom stereocenters. The molecule has 0 aromatic heterocycles. The number of morpholine rings is 1. The number of sulfonamides is 1. The van der Waals surface area contributed by atoms with Crippen LogP contribution >= 0.6 is 0 Å². The number of carbonyl (C=O) groups excluding carboxylic acids is 1. The van der Waals surface area contributed by atoms with Gasteiger partial charge < -0.3 is 10.1 Å². The van der Waals surface area contributed by atoms with E-state index in [9.17, 15) is 13.2 Å². The molecule has 1 atom stereocenters. The fraction of sp³-hybridized carbons (Fsp3) is 0.611. The van der Waals surface area contributed by atoms with Crippen LogP contribution in [-0.4, -0.2) is 64.4 Å². The van der Waals surface area contributed by atoms with Gasteiger partial charge in [0.1, 0.15) is 0 Å². The highest BCUT2D eigenvalue weighted by Gasteiger charge is 2.22. The molecule has 7 nitrogen and oxygen atoms in total. The van der Waals surface area contributed by atoms with Crippen molar-refractivity contribution in [2.75, 3.05) is 43.8 Å². The third kappa shape index (κ3) is 6.93. The fourth-order valence-electron chi connectivity index (χ4n) is 3.06. The molecule has 1 aromatic rings. The van der Waals surface area contributed by atoms with E-state index in [0.717, 1.165) is 39.0 Å². The summed E-state index contributed by atoms with van der Waals surface area (Å²) in [6, 6.07) is 6.70. The fourth-order valence-corrected chi connectivity index (χ4v) is 3.63. The van der Waals surface area contributed by atoms with Crippen LogP contribution in [0.4, 0.5) is 5.69 Å². The Bertz CT molecular complexity index is 683. The maximum atomic E-state index is 12.4. The lowest BCUT2D eigenvalue weighted by Crippen LogP contribution is -2.49. The predicted octanol–water partition coefficient (Wildman–Crippen LogP) is 1.53. The van der Waals surface area contributed by atoms with Crippen LogP contribution in [0.1, 0.15) is 30.6 Å². The van der Waals surface area contributed by atoms with E-state index in [0.29, 0.717) is 23.7 Å². The molecule has 1 heterocycles. The highest BCUT2D eigenvalue weighted by molar-refractivity contribution is 7.92. The van der Waals surface area contributed by atoms with Crippen molar-refractivity contribution < 1.29 is 17.9 Å². The third-order valence-electron chi connectivity index (χ3n) is 4.25. The van der Waals surface area contributed by atoms with E-state index in [2.05, 4.69) is 28.8 Å². The molecular formula is C18H29N3O4S. The van der Waals surface area contributed by atoms with E-state index in [4.69, 9.17) is 4.74 Å². The molecule has 1 aromatic carbocycles. The van der Waals surface area contributed by atoms with Crippen molar-refractivity contribution in [2.45, 2.75) is 26.3 Å². The van der Waals surface area contributed by atoms with Gasteiger partial charge in [-0.15, -0.1) is 0 Å². The summed E-state index contributed by atoms with van der Waals surface area (Å²) in [6.45, 7) is 8.19. The lowest BCUT2D eigenvalue weighted by molar-refractivity contribution is 0.0124. The molecule has 0 bridgehead atoms. The van der Waals surface area contributed by atoms with Crippen molar-refractivity contribution >= 4 is 21.6 Å². The second-order valence-corrected chi connectivity index (χ2v) is 8.84. The van der Waals surface area contributed by atoms with Gasteiger partial charge in [-0.25, -0.2) is 8.42 Å². The summed E-state index contributed by atoms with van der Waals surface area (Å²) in [5.41, 5.74) is 0.948. The van der Waals surface area contributed by atoms with Gasteiger partial charge in [-0.1, -0.05) is 13.8 Å². The Labute approximate surface area is 156 Å². The van der Waals surface area contributed by atoms with E-state index in [1.807, 2.05) is 0 Å². The molecule has 0 spiro atoms. The van der Waals surface area contributed by atoms with Gasteiger partial charge in [0.25, 0.3) is 5.91 Å². The van der Waals surface area contributed by atoms with Crippen molar-refractivity contribution in [3.05, 3.63) is 29.8 Å². The van der Waals surface area contributed by atoms with Gasteiger partial charge in [-0.05, 0) is 36.6 Å². The van der Waals surface area contributed by atoms with E-state index in [1.165, 1.54) is 0 Å². The molecule has 1 aliphatic rings. The smallest absolute Gasteiger partial charge is 0.251 e. The molecule has 146 valence electrons. The number of hydrogen-bond acceptors (Lipinski definition) is 5. The van der Waals surface area contributed by atoms with Crippen LogP contribution in [0, 0.1) is 5.92 Å². The van der Waals surface area contributed by atoms with Crippen LogP contribution in [-0.2, 0) is 14.8 Å². The number of anilines is 1. The zero-order chi connectivity index (χ0) is 19.2. The van der Waals surface area contributed by atoms with E-state index >= 15 is 0 Å². The molecular weight excluding hydrogens is 354 g/mol. The van der Waals surface area contributed by atoms with Crippen LogP contribution in [0.3, 0.4) is 0 Å². The summed E-state index contributed by atoms with van der Waals surface area (Å²) in [5.74, 6) is 0.388. The molecule has 1 amide bonds. The number of hydrogen-bond donors (Lipinski definition) is 2. The number of rotatable bonds is 8. The molecule has 0 aliphatic carbocycles. The number of nitrogens with one attached hydrogen (secondary N) is 2. The van der Waals surface area contributed by atoms with E-state index in [-0.39, 0.29) is 11.9 Å². The van der Waals surface area contributed by atoms with Gasteiger partial charge in [-0.3, -0.25) is 14.4 Å². The monoisotopic (exact) mass is 383 g/mol. The molecule has 26 heavy (non-hydrogen) atoms. The summed E-state index contributed by atoms with van der Waals surface area (Å²) in [7, 11) is -3.32. The average Bonchev–Trinajstić information content (AvgIpc) is 2.58. The lowest BCUT2D eigenvalue weighted by Gasteiger charge is -2.35. The highest BCUT2D eigenvalue weighted by Crippen LogP contribution is 2.14. The first kappa shape index (κ1) is 20.7. The Morgan fingerprint density at radius 3 is 2.35 bits per heavy atom. The Morgan fingerprint density at radius 1 is 1.19 bits per heavy atom. The van der Waals surface area contributed by atoms with E-state index < -0.39 is 10.0 Å². The molecule has 1 fully saturated rings. The molecule has 2 rings (SSSR count). The predicted molar refractivity (Wildman–Crippen MR) is 103 cm³/mol. The third-order valence-corrected chi connectivity index (χ3v) is 4.86. The van der Waals surface area contributed by atoms with E-state index in [1.54, 1.807) is 24.3 Å². The van der Waals surface area contributed by atoms with Crippen molar-refractivity contribution in [3.63, 3.8) is 0 Å². The van der Waals surface area contributed by atoms with Gasteiger partial charge in [0.05, 0.1) is 19.5 Å². The molecule has 8 heteroatoms. The van der Waals surface area contributed by atoms with Crippen molar-refractivity contribution in [3.8, 4) is 0 Å². The van der Waals surface area contributed by atoms with Gasteiger partial charge in [0.15, 0.2) is 0 Å². The van der Waals surface area contributed by atoms with Gasteiger partial charge in [0.2, 0.25) is 10.0 Å². The molecule has 0 radical (unpaired) electrons. The van der Waals surface area contributed by atoms with Crippen LogP contribution in [0.25, 0.3) is 0 Å². The maximum Gasteiger partial charge on any atom is 0.251 e. The summed E-state index contributed by atoms with van der Waals surface area (Å²) >= 11 is 0. The zero-order valence-electron chi connectivity index (χ0n) is 15.7. The first-order valence-electron chi connectivity index (χ1n) is 8.92. The molecule has 1 saturated heterocycles. The van der Waals surface area contributed by atoms with Crippen LogP contribution < -0.4 is 10.0 Å². The van der Waals surface area contributed by atoms with Crippen molar-refractivity contribution in [1.29, 1.82) is 0 Å². The largest absolute Gasteiger partial charge is 0.379 e. The standard InChI is InChI=1S/C18H29N3O4S/c1-14(2)12-17(21-8-10-25-11-9-21)13-19-18(22)15-4-6-16(7-5-15)20-26(3,23)24/h4-7,14,17,20H,8-13H2,1-3H3,(H,19,22)/t17-/m1/s1. The average molecular weight is 384 g/mol. The summed E-state index contributed by atoms with van der Waals surface area (Å²) in [5, 5.41) is 3.01. The summed E-state index contributed by atoms with van der Waals surface area (Å²) < 4.78 is 30.3. The summed E-state index contributed by atoms with van der Waals surface area (Å²) in [4.78, 5) is 14.8.